The van der Waals surface area contributed by atoms with Gasteiger partial charge in [0.05, 0.1) is 23.3 Å². The number of anilines is 2. The zero-order valence-electron chi connectivity index (χ0n) is 14.0. The number of hydrogen-bond acceptors (Lipinski definition) is 4. The lowest BCUT2D eigenvalue weighted by atomic mass is 9.93. The summed E-state index contributed by atoms with van der Waals surface area (Å²) in [6.07, 6.45) is 0.954. The molecule has 5 heteroatoms. The number of imide groups is 1. The van der Waals surface area contributed by atoms with Gasteiger partial charge in [0.2, 0.25) is 5.91 Å². The summed E-state index contributed by atoms with van der Waals surface area (Å²) in [5.41, 5.74) is 1.49. The van der Waals surface area contributed by atoms with Crippen LogP contribution in [0.2, 0.25) is 0 Å². The summed E-state index contributed by atoms with van der Waals surface area (Å²) in [6.45, 7) is 2.08. The van der Waals surface area contributed by atoms with E-state index in [0.29, 0.717) is 5.69 Å². The van der Waals surface area contributed by atoms with Crippen molar-refractivity contribution in [2.45, 2.75) is 31.9 Å². The van der Waals surface area contributed by atoms with Gasteiger partial charge in [-0.2, -0.15) is 0 Å². The van der Waals surface area contributed by atoms with Gasteiger partial charge < -0.3 is 0 Å². The van der Waals surface area contributed by atoms with Gasteiger partial charge in [-0.15, -0.1) is 0 Å². The molecule has 3 atom stereocenters. The van der Waals surface area contributed by atoms with Gasteiger partial charge in [0.25, 0.3) is 5.91 Å². The van der Waals surface area contributed by atoms with Crippen LogP contribution in [-0.4, -0.2) is 24.0 Å². The van der Waals surface area contributed by atoms with Crippen LogP contribution in [0.1, 0.15) is 19.8 Å². The molecule has 0 radical (unpaired) electrons. The Balaban J connectivity index is 1.68. The third kappa shape index (κ3) is 2.51. The Labute approximate surface area is 146 Å². The third-order valence-electron chi connectivity index (χ3n) is 4.85. The number of fused-ring (bicyclic) bond motifs is 1. The van der Waals surface area contributed by atoms with Crippen LogP contribution in [0.5, 0.6) is 0 Å². The van der Waals surface area contributed by atoms with Crippen molar-refractivity contribution in [3.8, 4) is 0 Å². The van der Waals surface area contributed by atoms with Crippen LogP contribution in [-0.2, 0) is 14.4 Å². The zero-order valence-corrected chi connectivity index (χ0v) is 14.0. The Morgan fingerprint density at radius 3 is 2.08 bits per heavy atom. The van der Waals surface area contributed by atoms with Gasteiger partial charge in [-0.25, -0.2) is 9.96 Å². The summed E-state index contributed by atoms with van der Waals surface area (Å²) in [5.74, 6) is -0.910. The fourth-order valence-corrected chi connectivity index (χ4v) is 3.74. The molecule has 2 amide bonds. The maximum absolute atomic E-state index is 13.1. The molecule has 2 saturated heterocycles. The second-order valence-electron chi connectivity index (χ2n) is 6.42. The van der Waals surface area contributed by atoms with E-state index in [1.54, 1.807) is 17.2 Å². The van der Waals surface area contributed by atoms with Crippen molar-refractivity contribution in [2.75, 3.05) is 9.96 Å². The Hall–Kier alpha value is -2.66. The lowest BCUT2D eigenvalue weighted by molar-refractivity contribution is -0.126. The van der Waals surface area contributed by atoms with Crippen LogP contribution in [0.25, 0.3) is 0 Å². The highest BCUT2D eigenvalue weighted by molar-refractivity contribution is 6.23. The van der Waals surface area contributed by atoms with Gasteiger partial charge in [-0.05, 0) is 30.7 Å². The van der Waals surface area contributed by atoms with E-state index in [4.69, 9.17) is 4.84 Å². The smallest absolute Gasteiger partial charge is 0.266 e. The number of benzene rings is 2. The first-order chi connectivity index (χ1) is 12.2. The van der Waals surface area contributed by atoms with Crippen LogP contribution in [0.4, 0.5) is 11.4 Å². The van der Waals surface area contributed by atoms with Crippen molar-refractivity contribution in [3.63, 3.8) is 0 Å². The number of carbonyl (C=O) groups is 2. The maximum Gasteiger partial charge on any atom is 0.266 e. The summed E-state index contributed by atoms with van der Waals surface area (Å²) in [4.78, 5) is 33.2. The lowest BCUT2D eigenvalue weighted by Gasteiger charge is -2.28. The van der Waals surface area contributed by atoms with Crippen molar-refractivity contribution in [2.24, 2.45) is 5.92 Å². The number of carbonyl (C=O) groups excluding carboxylic acids is 2. The molecule has 128 valence electrons. The van der Waals surface area contributed by atoms with E-state index in [1.165, 1.54) is 4.90 Å². The molecule has 5 nitrogen and oxygen atoms in total. The van der Waals surface area contributed by atoms with E-state index in [0.717, 1.165) is 18.5 Å². The zero-order chi connectivity index (χ0) is 17.4. The second kappa shape index (κ2) is 6.33. The number of hydroxylamine groups is 1. The summed E-state index contributed by atoms with van der Waals surface area (Å²) >= 11 is 0. The molecule has 25 heavy (non-hydrogen) atoms. The van der Waals surface area contributed by atoms with Crippen LogP contribution in [0, 0.1) is 5.92 Å². The first kappa shape index (κ1) is 15.8. The standard InChI is InChI=1S/C20H20N2O3/c1-2-9-16-17-18(25-22(16)15-12-7-4-8-13-15)20(24)21(19(17)23)14-10-5-3-6-11-14/h3-8,10-13,16-18H,2,9H2,1H3/t16-,17-,18-/m1/s1. The molecule has 2 aromatic carbocycles. The van der Waals surface area contributed by atoms with Gasteiger partial charge in [-0.3, -0.25) is 14.4 Å². The number of para-hydroxylation sites is 2. The highest BCUT2D eigenvalue weighted by Crippen LogP contribution is 2.41. The molecular weight excluding hydrogens is 316 g/mol. The van der Waals surface area contributed by atoms with E-state index >= 15 is 0 Å². The fraction of sp³-hybridized carbons (Fsp3) is 0.300. The second-order valence-corrected chi connectivity index (χ2v) is 6.42. The van der Waals surface area contributed by atoms with Crippen molar-refractivity contribution in [1.82, 2.24) is 0 Å². The van der Waals surface area contributed by atoms with Gasteiger partial charge >= 0.3 is 0 Å². The molecule has 2 aliphatic rings. The monoisotopic (exact) mass is 336 g/mol. The topological polar surface area (TPSA) is 49.9 Å². The molecular formula is C20H20N2O3. The Morgan fingerprint density at radius 1 is 0.880 bits per heavy atom. The molecule has 2 aromatic rings. The highest BCUT2D eigenvalue weighted by atomic mass is 16.7. The predicted molar refractivity (Wildman–Crippen MR) is 94.9 cm³/mol. The number of hydrogen-bond donors (Lipinski definition) is 0. The normalized spacial score (nSPS) is 25.6. The molecule has 0 spiro atoms. The lowest BCUT2D eigenvalue weighted by Crippen LogP contribution is -2.40. The first-order valence-electron chi connectivity index (χ1n) is 8.66. The molecule has 2 aliphatic heterocycles. The largest absolute Gasteiger partial charge is 0.273 e. The van der Waals surface area contributed by atoms with Gasteiger partial charge in [-0.1, -0.05) is 49.7 Å². The molecule has 0 unspecified atom stereocenters. The van der Waals surface area contributed by atoms with Crippen LogP contribution < -0.4 is 9.96 Å². The molecule has 0 saturated carbocycles. The summed E-state index contributed by atoms with van der Waals surface area (Å²) in [5, 5.41) is 1.76. The fourth-order valence-electron chi connectivity index (χ4n) is 3.74. The highest BCUT2D eigenvalue weighted by Gasteiger charge is 2.59. The van der Waals surface area contributed by atoms with E-state index < -0.39 is 12.0 Å². The average Bonchev–Trinajstić information content (AvgIpc) is 3.13. The van der Waals surface area contributed by atoms with Gasteiger partial charge in [0, 0.05) is 0 Å². The quantitative estimate of drug-likeness (QED) is 0.805. The molecule has 2 fully saturated rings. The Bertz CT molecular complexity index is 778. The Kier molecular flexibility index (Phi) is 4.01. The van der Waals surface area contributed by atoms with E-state index in [9.17, 15) is 9.59 Å². The van der Waals surface area contributed by atoms with Crippen molar-refractivity contribution < 1.29 is 14.4 Å². The summed E-state index contributed by atoms with van der Waals surface area (Å²) < 4.78 is 0. The van der Waals surface area contributed by atoms with Crippen molar-refractivity contribution >= 4 is 23.2 Å². The molecule has 0 N–H and O–H groups in total. The molecule has 2 heterocycles. The predicted octanol–water partition coefficient (Wildman–Crippen LogP) is 3.17. The Morgan fingerprint density at radius 2 is 1.48 bits per heavy atom. The summed E-state index contributed by atoms with van der Waals surface area (Å²) in [6, 6.07) is 18.6. The van der Waals surface area contributed by atoms with Crippen molar-refractivity contribution in [3.05, 3.63) is 60.7 Å². The average molecular weight is 336 g/mol. The number of amides is 2. The van der Waals surface area contributed by atoms with Crippen LogP contribution in [0.15, 0.2) is 60.7 Å². The minimum Gasteiger partial charge on any atom is -0.273 e. The van der Waals surface area contributed by atoms with E-state index in [1.807, 2.05) is 48.5 Å². The molecule has 4 rings (SSSR count). The minimum absolute atomic E-state index is 0.137. The van der Waals surface area contributed by atoms with Gasteiger partial charge in [0.15, 0.2) is 6.10 Å². The number of nitrogens with zero attached hydrogens (tertiary/aromatic N) is 2. The third-order valence-corrected chi connectivity index (χ3v) is 4.85. The van der Waals surface area contributed by atoms with E-state index in [2.05, 4.69) is 6.92 Å². The van der Waals surface area contributed by atoms with Crippen LogP contribution in [0.3, 0.4) is 0 Å². The van der Waals surface area contributed by atoms with Gasteiger partial charge in [0.1, 0.15) is 0 Å². The molecule has 0 bridgehead atoms. The first-order valence-corrected chi connectivity index (χ1v) is 8.66. The van der Waals surface area contributed by atoms with E-state index in [-0.39, 0.29) is 17.9 Å². The maximum atomic E-state index is 13.1. The number of rotatable bonds is 4. The molecule has 0 aliphatic carbocycles. The minimum atomic E-state index is -0.746. The van der Waals surface area contributed by atoms with Crippen LogP contribution >= 0.6 is 0 Å². The summed E-state index contributed by atoms with van der Waals surface area (Å²) in [7, 11) is 0. The SMILES string of the molecule is CCC[C@@H]1[C@H]2C(=O)N(c3ccccc3)C(=O)[C@@H]2ON1c1ccccc1. The van der Waals surface area contributed by atoms with Crippen molar-refractivity contribution in [1.29, 1.82) is 0 Å². The molecule has 0 aromatic heterocycles.